The molecule has 5 rings (SSSR count). The number of fused-ring (bicyclic) bond motifs is 1. The molecule has 1 aliphatic rings. The fourth-order valence-corrected chi connectivity index (χ4v) is 5.25. The van der Waals surface area contributed by atoms with Crippen LogP contribution in [0.15, 0.2) is 53.6 Å². The smallest absolute Gasteiger partial charge is 0.305 e. The number of pyridine rings is 1. The number of aliphatic hydroxyl groups excluding tert-OH is 1. The third-order valence-corrected chi connectivity index (χ3v) is 7.33. The molecule has 0 radical (unpaired) electrons. The Morgan fingerprint density at radius 3 is 2.81 bits per heavy atom. The van der Waals surface area contributed by atoms with Crippen molar-refractivity contribution in [2.24, 2.45) is 5.92 Å². The van der Waals surface area contributed by atoms with E-state index in [1.807, 2.05) is 41.3 Å². The molecule has 0 bridgehead atoms. The SMILES string of the molecule is CC(c1ccc2[nH]c(=O)sc2c1)c1ccn(-c2ccc(N3CCC(CCO)CC3)cn2)n1. The number of hydrogen-bond acceptors (Lipinski definition) is 6. The molecule has 1 unspecified atom stereocenters. The second kappa shape index (κ2) is 8.88. The number of nitrogens with zero attached hydrogens (tertiary/aromatic N) is 4. The zero-order chi connectivity index (χ0) is 22.1. The number of benzene rings is 1. The van der Waals surface area contributed by atoms with E-state index in [4.69, 9.17) is 10.2 Å². The van der Waals surface area contributed by atoms with Crippen molar-refractivity contribution >= 4 is 27.2 Å². The normalized spacial score (nSPS) is 16.0. The number of hydrogen-bond donors (Lipinski definition) is 2. The van der Waals surface area contributed by atoms with Crippen LogP contribution in [0.1, 0.15) is 43.4 Å². The van der Waals surface area contributed by atoms with Gasteiger partial charge in [-0.2, -0.15) is 5.10 Å². The van der Waals surface area contributed by atoms with E-state index in [1.165, 1.54) is 11.3 Å². The summed E-state index contributed by atoms with van der Waals surface area (Å²) in [5, 5.41) is 13.9. The predicted molar refractivity (Wildman–Crippen MR) is 128 cm³/mol. The van der Waals surface area contributed by atoms with Gasteiger partial charge in [-0.15, -0.1) is 0 Å². The van der Waals surface area contributed by atoms with E-state index in [1.54, 1.807) is 0 Å². The first-order valence-electron chi connectivity index (χ1n) is 11.1. The molecule has 4 aromatic rings. The largest absolute Gasteiger partial charge is 0.396 e. The Morgan fingerprint density at radius 2 is 2.06 bits per heavy atom. The van der Waals surface area contributed by atoms with Crippen molar-refractivity contribution in [3.8, 4) is 5.82 Å². The Balaban J connectivity index is 1.29. The number of aliphatic hydroxyl groups is 1. The second-order valence-corrected chi connectivity index (χ2v) is 9.51. The van der Waals surface area contributed by atoms with Crippen LogP contribution in [0, 0.1) is 5.92 Å². The lowest BCUT2D eigenvalue weighted by atomic mass is 9.94. The van der Waals surface area contributed by atoms with Crippen molar-refractivity contribution in [2.75, 3.05) is 24.6 Å². The van der Waals surface area contributed by atoms with Gasteiger partial charge in [0, 0.05) is 31.8 Å². The Bertz CT molecular complexity index is 1250. The Kier molecular flexibility index (Phi) is 5.80. The van der Waals surface area contributed by atoms with Gasteiger partial charge in [-0.1, -0.05) is 24.3 Å². The van der Waals surface area contributed by atoms with Gasteiger partial charge in [0.15, 0.2) is 5.82 Å². The Morgan fingerprint density at radius 1 is 1.22 bits per heavy atom. The van der Waals surface area contributed by atoms with Crippen LogP contribution in [-0.2, 0) is 0 Å². The van der Waals surface area contributed by atoms with Crippen LogP contribution < -0.4 is 9.77 Å². The molecule has 0 amide bonds. The first-order chi connectivity index (χ1) is 15.6. The molecule has 1 saturated heterocycles. The van der Waals surface area contributed by atoms with E-state index in [9.17, 15) is 4.79 Å². The van der Waals surface area contributed by atoms with Crippen molar-refractivity contribution in [1.29, 1.82) is 0 Å². The number of nitrogens with one attached hydrogen (secondary N) is 1. The van der Waals surface area contributed by atoms with Crippen LogP contribution in [0.2, 0.25) is 0 Å². The van der Waals surface area contributed by atoms with Crippen LogP contribution in [0.3, 0.4) is 0 Å². The van der Waals surface area contributed by atoms with Crippen molar-refractivity contribution in [1.82, 2.24) is 19.7 Å². The average molecular weight is 450 g/mol. The molecule has 1 fully saturated rings. The quantitative estimate of drug-likeness (QED) is 0.466. The van der Waals surface area contributed by atoms with Gasteiger partial charge in [0.25, 0.3) is 0 Å². The molecule has 7 nitrogen and oxygen atoms in total. The van der Waals surface area contributed by atoms with Gasteiger partial charge < -0.3 is 15.0 Å². The first kappa shape index (κ1) is 20.9. The third kappa shape index (κ3) is 4.20. The van der Waals surface area contributed by atoms with E-state index in [-0.39, 0.29) is 17.4 Å². The lowest BCUT2D eigenvalue weighted by Gasteiger charge is -2.33. The van der Waals surface area contributed by atoms with Crippen molar-refractivity contribution in [3.05, 3.63) is 69.7 Å². The molecule has 0 saturated carbocycles. The summed E-state index contributed by atoms with van der Waals surface area (Å²) in [6.45, 7) is 4.43. The highest BCUT2D eigenvalue weighted by atomic mass is 32.1. The van der Waals surface area contributed by atoms with E-state index >= 15 is 0 Å². The minimum absolute atomic E-state index is 0.0295. The zero-order valence-electron chi connectivity index (χ0n) is 18.1. The maximum atomic E-state index is 11.6. The monoisotopic (exact) mass is 449 g/mol. The number of piperidine rings is 1. The molecule has 166 valence electrons. The van der Waals surface area contributed by atoms with Crippen LogP contribution >= 0.6 is 11.3 Å². The summed E-state index contributed by atoms with van der Waals surface area (Å²) >= 11 is 1.23. The molecule has 32 heavy (non-hydrogen) atoms. The van der Waals surface area contributed by atoms with E-state index in [0.717, 1.165) is 65.3 Å². The van der Waals surface area contributed by atoms with Crippen LogP contribution in [0.5, 0.6) is 0 Å². The van der Waals surface area contributed by atoms with Gasteiger partial charge in [-0.25, -0.2) is 9.67 Å². The summed E-state index contributed by atoms with van der Waals surface area (Å²) in [5.41, 5.74) is 4.11. The summed E-state index contributed by atoms with van der Waals surface area (Å²) in [4.78, 5) is 21.4. The molecule has 0 aliphatic carbocycles. The van der Waals surface area contributed by atoms with Crippen LogP contribution in [-0.4, -0.2) is 44.6 Å². The number of rotatable bonds is 6. The van der Waals surface area contributed by atoms with Gasteiger partial charge in [-0.05, 0) is 61.1 Å². The van der Waals surface area contributed by atoms with Gasteiger partial charge in [0.05, 0.1) is 27.8 Å². The molecule has 1 aliphatic heterocycles. The molecular formula is C24H27N5O2S. The maximum Gasteiger partial charge on any atom is 0.305 e. The highest BCUT2D eigenvalue weighted by Gasteiger charge is 2.19. The standard InChI is InChI=1S/C24H27N5O2S/c1-16(18-2-4-21-22(14-18)32-24(31)26-21)20-8-12-29(27-20)23-5-3-19(15-25-23)28-10-6-17(7-11-28)9-13-30/h2-5,8,12,14-17,30H,6-7,9-11,13H2,1H3,(H,26,31). The van der Waals surface area contributed by atoms with Crippen molar-refractivity contribution in [2.45, 2.75) is 32.1 Å². The predicted octanol–water partition coefficient (Wildman–Crippen LogP) is 3.92. The lowest BCUT2D eigenvalue weighted by molar-refractivity contribution is 0.240. The van der Waals surface area contributed by atoms with Gasteiger partial charge in [0.1, 0.15) is 0 Å². The fourth-order valence-electron chi connectivity index (χ4n) is 4.46. The minimum Gasteiger partial charge on any atom is -0.396 e. The summed E-state index contributed by atoms with van der Waals surface area (Å²) < 4.78 is 2.78. The van der Waals surface area contributed by atoms with Crippen LogP contribution in [0.4, 0.5) is 5.69 Å². The van der Waals surface area contributed by atoms with Crippen molar-refractivity contribution < 1.29 is 5.11 Å². The third-order valence-electron chi connectivity index (χ3n) is 6.48. The van der Waals surface area contributed by atoms with Crippen LogP contribution in [0.25, 0.3) is 16.0 Å². The molecule has 1 atom stereocenters. The van der Waals surface area contributed by atoms with Gasteiger partial charge in [-0.3, -0.25) is 4.79 Å². The molecule has 3 aromatic heterocycles. The Labute approximate surface area is 190 Å². The van der Waals surface area contributed by atoms with E-state index in [2.05, 4.69) is 33.9 Å². The fraction of sp³-hybridized carbons (Fsp3) is 0.375. The van der Waals surface area contributed by atoms with E-state index < -0.39 is 0 Å². The zero-order valence-corrected chi connectivity index (χ0v) is 18.9. The first-order valence-corrected chi connectivity index (χ1v) is 11.9. The topological polar surface area (TPSA) is 87.0 Å². The highest BCUT2D eigenvalue weighted by Crippen LogP contribution is 2.28. The second-order valence-electron chi connectivity index (χ2n) is 8.49. The lowest BCUT2D eigenvalue weighted by Crippen LogP contribution is -2.34. The summed E-state index contributed by atoms with van der Waals surface area (Å²) in [7, 11) is 0. The highest BCUT2D eigenvalue weighted by molar-refractivity contribution is 7.16. The number of H-pyrrole nitrogens is 1. The van der Waals surface area contributed by atoms with Crippen molar-refractivity contribution in [3.63, 3.8) is 0 Å². The molecule has 8 heteroatoms. The maximum absolute atomic E-state index is 11.6. The number of anilines is 1. The average Bonchev–Trinajstić information content (AvgIpc) is 3.45. The number of aromatic nitrogens is 4. The van der Waals surface area contributed by atoms with E-state index in [0.29, 0.717) is 5.92 Å². The summed E-state index contributed by atoms with van der Waals surface area (Å²) in [5.74, 6) is 1.54. The molecule has 4 heterocycles. The number of thiazole rings is 1. The van der Waals surface area contributed by atoms with Gasteiger partial charge in [0.2, 0.25) is 0 Å². The molecule has 1 aromatic carbocycles. The molecule has 0 spiro atoms. The summed E-state index contributed by atoms with van der Waals surface area (Å²) in [6.07, 6.45) is 7.02. The van der Waals surface area contributed by atoms with Gasteiger partial charge >= 0.3 is 4.87 Å². The Hall–Kier alpha value is -2.97. The minimum atomic E-state index is -0.0295. The number of aromatic amines is 1. The summed E-state index contributed by atoms with van der Waals surface area (Å²) in [6, 6.07) is 12.2. The molecule has 2 N–H and O–H groups in total. The molecular weight excluding hydrogens is 422 g/mol.